The molecule has 2 aromatic carbocycles. The summed E-state index contributed by atoms with van der Waals surface area (Å²) in [7, 11) is 0. The molecular formula is C20H17ClN2O2. The van der Waals surface area contributed by atoms with Gasteiger partial charge < -0.3 is 10.1 Å². The number of carbonyl (C=O) groups is 1. The van der Waals surface area contributed by atoms with Crippen LogP contribution >= 0.6 is 11.6 Å². The average molecular weight is 353 g/mol. The van der Waals surface area contributed by atoms with Gasteiger partial charge in [-0.15, -0.1) is 0 Å². The van der Waals surface area contributed by atoms with E-state index in [0.29, 0.717) is 22.1 Å². The number of rotatable bonds is 5. The Kier molecular flexibility index (Phi) is 5.31. The van der Waals surface area contributed by atoms with E-state index in [1.165, 1.54) is 0 Å². The lowest BCUT2D eigenvalue weighted by Crippen LogP contribution is -2.26. The number of carbonyl (C=O) groups excluding carboxylic acids is 1. The van der Waals surface area contributed by atoms with Crippen LogP contribution in [-0.2, 0) is 0 Å². The van der Waals surface area contributed by atoms with Gasteiger partial charge >= 0.3 is 0 Å². The van der Waals surface area contributed by atoms with Crippen molar-refractivity contribution in [2.45, 2.75) is 13.0 Å². The molecule has 1 unspecified atom stereocenters. The largest absolute Gasteiger partial charge is 0.456 e. The summed E-state index contributed by atoms with van der Waals surface area (Å²) < 4.78 is 5.67. The van der Waals surface area contributed by atoms with Crippen LogP contribution in [0.3, 0.4) is 0 Å². The number of nitrogens with zero attached hydrogens (tertiary/aromatic N) is 1. The standard InChI is InChI=1S/C20H17ClN2O2/c1-14(15-4-8-17(21)9-5-15)23-20(24)16-6-10-18(11-7-16)25-19-3-2-12-22-13-19/h2-14H,1H3,(H,23,24). The first-order valence-corrected chi connectivity index (χ1v) is 8.24. The van der Waals surface area contributed by atoms with Crippen molar-refractivity contribution in [3.8, 4) is 11.5 Å². The zero-order valence-corrected chi connectivity index (χ0v) is 14.4. The molecule has 5 heteroatoms. The third-order valence-electron chi connectivity index (χ3n) is 3.70. The van der Waals surface area contributed by atoms with Gasteiger partial charge in [-0.3, -0.25) is 9.78 Å². The molecule has 1 amide bonds. The Morgan fingerprint density at radius 2 is 1.76 bits per heavy atom. The fourth-order valence-electron chi connectivity index (χ4n) is 2.33. The SMILES string of the molecule is CC(NC(=O)c1ccc(Oc2cccnc2)cc1)c1ccc(Cl)cc1. The Balaban J connectivity index is 1.63. The summed E-state index contributed by atoms with van der Waals surface area (Å²) in [6, 6.07) is 17.9. The van der Waals surface area contributed by atoms with Crippen LogP contribution in [0.5, 0.6) is 11.5 Å². The van der Waals surface area contributed by atoms with E-state index in [-0.39, 0.29) is 11.9 Å². The second kappa shape index (κ2) is 7.81. The summed E-state index contributed by atoms with van der Waals surface area (Å²) in [6.45, 7) is 1.93. The van der Waals surface area contributed by atoms with Crippen molar-refractivity contribution in [3.05, 3.63) is 89.2 Å². The second-order valence-electron chi connectivity index (χ2n) is 5.56. The predicted octanol–water partition coefficient (Wildman–Crippen LogP) is 5.02. The van der Waals surface area contributed by atoms with Crippen LogP contribution in [-0.4, -0.2) is 10.9 Å². The van der Waals surface area contributed by atoms with Crippen LogP contribution in [0.25, 0.3) is 0 Å². The molecule has 25 heavy (non-hydrogen) atoms. The molecule has 3 rings (SSSR count). The van der Waals surface area contributed by atoms with E-state index in [9.17, 15) is 4.79 Å². The number of ether oxygens (including phenoxy) is 1. The normalized spacial score (nSPS) is 11.6. The Bertz CT molecular complexity index is 834. The Morgan fingerprint density at radius 1 is 1.04 bits per heavy atom. The highest BCUT2D eigenvalue weighted by Crippen LogP contribution is 2.21. The molecule has 1 aromatic heterocycles. The first-order valence-electron chi connectivity index (χ1n) is 7.86. The summed E-state index contributed by atoms with van der Waals surface area (Å²) in [4.78, 5) is 16.4. The average Bonchev–Trinajstić information content (AvgIpc) is 2.63. The molecule has 0 spiro atoms. The van der Waals surface area contributed by atoms with Gasteiger partial charge in [-0.1, -0.05) is 23.7 Å². The van der Waals surface area contributed by atoms with Gasteiger partial charge in [0, 0.05) is 16.8 Å². The number of hydrogen-bond acceptors (Lipinski definition) is 3. The highest BCUT2D eigenvalue weighted by atomic mass is 35.5. The minimum atomic E-state index is -0.143. The van der Waals surface area contributed by atoms with Crippen molar-refractivity contribution < 1.29 is 9.53 Å². The van der Waals surface area contributed by atoms with E-state index >= 15 is 0 Å². The molecule has 4 nitrogen and oxygen atoms in total. The lowest BCUT2D eigenvalue weighted by Gasteiger charge is -2.14. The van der Waals surface area contributed by atoms with Crippen molar-refractivity contribution in [2.24, 2.45) is 0 Å². The second-order valence-corrected chi connectivity index (χ2v) is 6.00. The smallest absolute Gasteiger partial charge is 0.251 e. The van der Waals surface area contributed by atoms with Gasteiger partial charge in [-0.25, -0.2) is 0 Å². The van der Waals surface area contributed by atoms with Gasteiger partial charge in [0.25, 0.3) is 5.91 Å². The molecule has 3 aromatic rings. The molecule has 126 valence electrons. The predicted molar refractivity (Wildman–Crippen MR) is 98.1 cm³/mol. The van der Waals surface area contributed by atoms with E-state index in [1.54, 1.807) is 42.7 Å². The van der Waals surface area contributed by atoms with E-state index in [2.05, 4.69) is 10.3 Å². The highest BCUT2D eigenvalue weighted by molar-refractivity contribution is 6.30. The number of amides is 1. The van der Waals surface area contributed by atoms with Crippen LogP contribution in [0.2, 0.25) is 5.02 Å². The molecule has 0 radical (unpaired) electrons. The Morgan fingerprint density at radius 3 is 2.40 bits per heavy atom. The van der Waals surface area contributed by atoms with Crippen molar-refractivity contribution in [2.75, 3.05) is 0 Å². The van der Waals surface area contributed by atoms with Gasteiger partial charge in [0.2, 0.25) is 0 Å². The molecule has 0 aliphatic rings. The third-order valence-corrected chi connectivity index (χ3v) is 3.96. The molecule has 0 aliphatic carbocycles. The van der Waals surface area contributed by atoms with Crippen molar-refractivity contribution in [1.82, 2.24) is 10.3 Å². The van der Waals surface area contributed by atoms with Gasteiger partial charge in [-0.05, 0) is 61.0 Å². The first-order chi connectivity index (χ1) is 12.1. The molecule has 0 bridgehead atoms. The summed E-state index contributed by atoms with van der Waals surface area (Å²) in [5.41, 5.74) is 1.56. The number of nitrogens with one attached hydrogen (secondary N) is 1. The van der Waals surface area contributed by atoms with Crippen LogP contribution in [0, 0.1) is 0 Å². The van der Waals surface area contributed by atoms with Crippen molar-refractivity contribution >= 4 is 17.5 Å². The maximum absolute atomic E-state index is 12.4. The van der Waals surface area contributed by atoms with E-state index in [0.717, 1.165) is 5.56 Å². The molecule has 1 N–H and O–H groups in total. The number of aromatic nitrogens is 1. The monoisotopic (exact) mass is 352 g/mol. The summed E-state index contributed by atoms with van der Waals surface area (Å²) >= 11 is 5.89. The van der Waals surface area contributed by atoms with E-state index < -0.39 is 0 Å². The fraction of sp³-hybridized carbons (Fsp3) is 0.100. The number of halogens is 1. The zero-order chi connectivity index (χ0) is 17.6. The van der Waals surface area contributed by atoms with Gasteiger partial charge in [0.05, 0.1) is 12.2 Å². The highest BCUT2D eigenvalue weighted by Gasteiger charge is 2.11. The quantitative estimate of drug-likeness (QED) is 0.701. The third kappa shape index (κ3) is 4.58. The number of benzene rings is 2. The van der Waals surface area contributed by atoms with Crippen molar-refractivity contribution in [3.63, 3.8) is 0 Å². The maximum Gasteiger partial charge on any atom is 0.251 e. The first kappa shape index (κ1) is 17.0. The lowest BCUT2D eigenvalue weighted by molar-refractivity contribution is 0.0940. The molecule has 0 fully saturated rings. The van der Waals surface area contributed by atoms with Gasteiger partial charge in [-0.2, -0.15) is 0 Å². The Hall–Kier alpha value is -2.85. The molecular weight excluding hydrogens is 336 g/mol. The molecule has 0 saturated heterocycles. The van der Waals surface area contributed by atoms with Crippen LogP contribution in [0.1, 0.15) is 28.9 Å². The molecule has 0 aliphatic heterocycles. The number of hydrogen-bond donors (Lipinski definition) is 1. The summed E-state index contributed by atoms with van der Waals surface area (Å²) in [5.74, 6) is 1.15. The molecule has 1 atom stereocenters. The minimum Gasteiger partial charge on any atom is -0.456 e. The van der Waals surface area contributed by atoms with Gasteiger partial charge in [0.15, 0.2) is 0 Å². The summed E-state index contributed by atoms with van der Waals surface area (Å²) in [5, 5.41) is 3.64. The maximum atomic E-state index is 12.4. The van der Waals surface area contributed by atoms with Crippen LogP contribution in [0.15, 0.2) is 73.1 Å². The lowest BCUT2D eigenvalue weighted by atomic mass is 10.1. The molecule has 1 heterocycles. The number of pyridine rings is 1. The van der Waals surface area contributed by atoms with E-state index in [4.69, 9.17) is 16.3 Å². The Labute approximate surface area is 151 Å². The topological polar surface area (TPSA) is 51.2 Å². The van der Waals surface area contributed by atoms with Crippen molar-refractivity contribution in [1.29, 1.82) is 0 Å². The fourth-order valence-corrected chi connectivity index (χ4v) is 2.46. The van der Waals surface area contributed by atoms with Crippen LogP contribution in [0.4, 0.5) is 0 Å². The van der Waals surface area contributed by atoms with Crippen LogP contribution < -0.4 is 10.1 Å². The zero-order valence-electron chi connectivity index (χ0n) is 13.6. The van der Waals surface area contributed by atoms with Gasteiger partial charge in [0.1, 0.15) is 11.5 Å². The molecule has 0 saturated carbocycles. The summed E-state index contributed by atoms with van der Waals surface area (Å²) in [6.07, 6.45) is 3.32. The van der Waals surface area contributed by atoms with E-state index in [1.807, 2.05) is 37.3 Å². The minimum absolute atomic E-state index is 0.115.